The number of hydrogen-bond acceptors (Lipinski definition) is 4. The van der Waals surface area contributed by atoms with Gasteiger partial charge in [-0.15, -0.1) is 0 Å². The Morgan fingerprint density at radius 3 is 2.54 bits per heavy atom. The topological polar surface area (TPSA) is 96.8 Å². The zero-order chi connectivity index (χ0) is 18.4. The highest BCUT2D eigenvalue weighted by Crippen LogP contribution is 2.18. The van der Waals surface area contributed by atoms with Crippen LogP contribution in [0.3, 0.4) is 0 Å². The second kappa shape index (κ2) is 8.22. The molecule has 2 heterocycles. The lowest BCUT2D eigenvalue weighted by atomic mass is 10.1. The van der Waals surface area contributed by atoms with Crippen molar-refractivity contribution in [3.63, 3.8) is 0 Å². The number of aromatic nitrogens is 2. The summed E-state index contributed by atoms with van der Waals surface area (Å²) in [4.78, 5) is 15.7. The maximum atomic E-state index is 11.7. The van der Waals surface area contributed by atoms with Crippen molar-refractivity contribution >= 4 is 6.03 Å². The highest BCUT2D eigenvalue weighted by Gasteiger charge is 2.09. The van der Waals surface area contributed by atoms with E-state index < -0.39 is 6.03 Å². The van der Waals surface area contributed by atoms with Crippen LogP contribution in [-0.2, 0) is 13.0 Å². The molecule has 0 radical (unpaired) electrons. The van der Waals surface area contributed by atoms with Crippen LogP contribution < -0.4 is 16.5 Å². The fourth-order valence-electron chi connectivity index (χ4n) is 2.75. The van der Waals surface area contributed by atoms with Gasteiger partial charge in [-0.05, 0) is 47.9 Å². The number of carbonyl (C=O) groups is 1. The number of nitrogens with zero attached hydrogens (tertiary/aromatic N) is 2. The number of nitrogens with two attached hydrogens (primary N) is 1. The van der Waals surface area contributed by atoms with Crippen LogP contribution in [0.1, 0.15) is 11.1 Å². The predicted octanol–water partition coefficient (Wildman–Crippen LogP) is 2.29. The van der Waals surface area contributed by atoms with Gasteiger partial charge in [-0.3, -0.25) is 15.0 Å². The number of primary amides is 1. The Morgan fingerprint density at radius 1 is 1.12 bits per heavy atom. The van der Waals surface area contributed by atoms with Crippen LogP contribution in [0.5, 0.6) is 0 Å². The maximum Gasteiger partial charge on any atom is 0.324 e. The molecule has 0 bridgehead atoms. The molecule has 6 nitrogen and oxygen atoms in total. The van der Waals surface area contributed by atoms with Crippen LogP contribution in [0.4, 0.5) is 4.79 Å². The molecule has 0 aliphatic rings. The molecule has 1 amide bonds. The van der Waals surface area contributed by atoms with E-state index in [1.807, 2.05) is 48.5 Å². The lowest BCUT2D eigenvalue weighted by Crippen LogP contribution is -2.35. The zero-order valence-electron chi connectivity index (χ0n) is 14.4. The largest absolute Gasteiger partial charge is 0.351 e. The molecule has 26 heavy (non-hydrogen) atoms. The summed E-state index contributed by atoms with van der Waals surface area (Å²) in [7, 11) is 0. The van der Waals surface area contributed by atoms with Crippen LogP contribution >= 0.6 is 0 Å². The van der Waals surface area contributed by atoms with Crippen molar-refractivity contribution in [1.82, 2.24) is 14.9 Å². The third kappa shape index (κ3) is 4.23. The fraction of sp³-hybridized carbons (Fsp3) is 0.150. The van der Waals surface area contributed by atoms with Crippen molar-refractivity contribution in [2.45, 2.75) is 13.0 Å². The quantitative estimate of drug-likeness (QED) is 0.597. The van der Waals surface area contributed by atoms with Gasteiger partial charge in [0, 0.05) is 30.7 Å². The zero-order valence-corrected chi connectivity index (χ0v) is 14.4. The van der Waals surface area contributed by atoms with Crippen molar-refractivity contribution in [3.8, 4) is 11.1 Å². The molecule has 0 aliphatic heterocycles. The smallest absolute Gasteiger partial charge is 0.324 e. The van der Waals surface area contributed by atoms with E-state index in [0.717, 1.165) is 29.7 Å². The molecule has 3 rings (SSSR count). The molecular weight excluding hydrogens is 326 g/mol. The predicted molar refractivity (Wildman–Crippen MR) is 100 cm³/mol. The third-order valence-electron chi connectivity index (χ3n) is 4.14. The number of pyridine rings is 2. The molecule has 0 aliphatic carbocycles. The lowest BCUT2D eigenvalue weighted by Gasteiger charge is -2.12. The number of nitrogens with one attached hydrogen (secondary N) is 2. The van der Waals surface area contributed by atoms with Gasteiger partial charge >= 0.3 is 6.03 Å². The SMILES string of the molecule is N=c1c(CNCCc2ccncc2)cc(-c2ccccc2)cn1C(N)=O. The van der Waals surface area contributed by atoms with Crippen LogP contribution in [0, 0.1) is 5.41 Å². The second-order valence-corrected chi connectivity index (χ2v) is 5.96. The number of hydrogen-bond donors (Lipinski definition) is 3. The minimum absolute atomic E-state index is 0.105. The van der Waals surface area contributed by atoms with E-state index in [9.17, 15) is 4.79 Å². The first-order valence-electron chi connectivity index (χ1n) is 8.40. The average molecular weight is 347 g/mol. The van der Waals surface area contributed by atoms with Crippen molar-refractivity contribution in [2.75, 3.05) is 6.54 Å². The monoisotopic (exact) mass is 347 g/mol. The summed E-state index contributed by atoms with van der Waals surface area (Å²) >= 11 is 0. The molecular formula is C20H21N5O. The lowest BCUT2D eigenvalue weighted by molar-refractivity contribution is 0.249. The summed E-state index contributed by atoms with van der Waals surface area (Å²) < 4.78 is 1.18. The van der Waals surface area contributed by atoms with Gasteiger partial charge in [0.25, 0.3) is 0 Å². The number of carbonyl (C=O) groups excluding carboxylic acids is 1. The summed E-state index contributed by atoms with van der Waals surface area (Å²) in [5.74, 6) is 0. The normalized spacial score (nSPS) is 10.6. The van der Waals surface area contributed by atoms with E-state index in [1.54, 1.807) is 18.6 Å². The number of rotatable bonds is 6. The van der Waals surface area contributed by atoms with Crippen molar-refractivity contribution in [2.24, 2.45) is 5.73 Å². The van der Waals surface area contributed by atoms with Crippen molar-refractivity contribution in [3.05, 3.63) is 83.7 Å². The van der Waals surface area contributed by atoms with E-state index in [4.69, 9.17) is 11.1 Å². The second-order valence-electron chi connectivity index (χ2n) is 5.96. The maximum absolute atomic E-state index is 11.7. The Labute approximate surface area is 151 Å². The van der Waals surface area contributed by atoms with Gasteiger partial charge in [-0.1, -0.05) is 30.3 Å². The summed E-state index contributed by atoms with van der Waals surface area (Å²) in [6.07, 6.45) is 6.03. The average Bonchev–Trinajstić information content (AvgIpc) is 2.67. The molecule has 1 aromatic carbocycles. The van der Waals surface area contributed by atoms with E-state index in [0.29, 0.717) is 6.54 Å². The first-order chi connectivity index (χ1) is 12.6. The molecule has 2 aromatic heterocycles. The highest BCUT2D eigenvalue weighted by atomic mass is 16.2. The van der Waals surface area contributed by atoms with Gasteiger partial charge in [-0.2, -0.15) is 0 Å². The first-order valence-corrected chi connectivity index (χ1v) is 8.40. The molecule has 0 fully saturated rings. The summed E-state index contributed by atoms with van der Waals surface area (Å²) in [5.41, 5.74) is 9.29. The Hall–Kier alpha value is -3.25. The molecule has 0 spiro atoms. The molecule has 0 saturated carbocycles. The first kappa shape index (κ1) is 17.6. The van der Waals surface area contributed by atoms with Crippen LogP contribution in [-0.4, -0.2) is 22.1 Å². The number of amides is 1. The van der Waals surface area contributed by atoms with Gasteiger partial charge in [-0.25, -0.2) is 4.79 Å². The summed E-state index contributed by atoms with van der Waals surface area (Å²) in [6, 6.07) is 15.0. The molecule has 6 heteroatoms. The standard InChI is InChI=1S/C20H21N5O/c21-19-17(13-24-11-8-15-6-9-23-10-7-15)12-18(14-25(19)20(22)26)16-4-2-1-3-5-16/h1-7,9-10,12,14,21,24H,8,11,13H2,(H2,22,26). The molecule has 0 saturated heterocycles. The van der Waals surface area contributed by atoms with Crippen molar-refractivity contribution in [1.29, 1.82) is 5.41 Å². The van der Waals surface area contributed by atoms with Gasteiger partial charge < -0.3 is 11.1 Å². The Morgan fingerprint density at radius 2 is 1.85 bits per heavy atom. The van der Waals surface area contributed by atoms with Gasteiger partial charge in [0.1, 0.15) is 5.49 Å². The minimum Gasteiger partial charge on any atom is -0.351 e. The molecule has 0 atom stereocenters. The van der Waals surface area contributed by atoms with Gasteiger partial charge in [0.05, 0.1) is 0 Å². The Balaban J connectivity index is 1.78. The fourth-order valence-corrected chi connectivity index (χ4v) is 2.75. The Kier molecular flexibility index (Phi) is 5.56. The van der Waals surface area contributed by atoms with E-state index >= 15 is 0 Å². The molecule has 4 N–H and O–H groups in total. The van der Waals surface area contributed by atoms with Crippen molar-refractivity contribution < 1.29 is 4.79 Å². The van der Waals surface area contributed by atoms with E-state index in [2.05, 4.69) is 10.3 Å². The van der Waals surface area contributed by atoms with E-state index in [-0.39, 0.29) is 5.49 Å². The third-order valence-corrected chi connectivity index (χ3v) is 4.14. The highest BCUT2D eigenvalue weighted by molar-refractivity contribution is 5.76. The molecule has 0 unspecified atom stereocenters. The van der Waals surface area contributed by atoms with Crippen LogP contribution in [0.15, 0.2) is 67.1 Å². The number of benzene rings is 1. The minimum atomic E-state index is -0.661. The van der Waals surface area contributed by atoms with E-state index in [1.165, 1.54) is 10.1 Å². The summed E-state index contributed by atoms with van der Waals surface area (Å²) in [6.45, 7) is 1.24. The summed E-state index contributed by atoms with van der Waals surface area (Å²) in [5, 5.41) is 11.6. The van der Waals surface area contributed by atoms with Crippen LogP contribution in [0.25, 0.3) is 11.1 Å². The van der Waals surface area contributed by atoms with Crippen LogP contribution in [0.2, 0.25) is 0 Å². The van der Waals surface area contributed by atoms with Gasteiger partial charge in [0.2, 0.25) is 0 Å². The van der Waals surface area contributed by atoms with Gasteiger partial charge in [0.15, 0.2) is 0 Å². The molecule has 132 valence electrons. The molecule has 3 aromatic rings. The Bertz CT molecular complexity index is 935.